The molecular formula is C46H66N6O8. The number of esters is 1. The minimum atomic E-state index is -1.25. The van der Waals surface area contributed by atoms with Crippen molar-refractivity contribution in [1.29, 1.82) is 0 Å². The molecule has 14 heteroatoms. The fraction of sp³-hybridized carbons (Fsp3) is 0.565. The Bertz CT molecular complexity index is 1780. The highest BCUT2D eigenvalue weighted by Crippen LogP contribution is 2.34. The highest BCUT2D eigenvalue weighted by atomic mass is 16.6. The molecule has 4 rings (SSSR count). The minimum absolute atomic E-state index is 0.0256. The number of aromatic amines is 1. The minimum Gasteiger partial charge on any atom is -0.461 e. The first-order chi connectivity index (χ1) is 28.6. The highest BCUT2D eigenvalue weighted by Gasteiger charge is 2.39. The molecule has 5 atom stereocenters. The summed E-state index contributed by atoms with van der Waals surface area (Å²) in [4.78, 5) is 75.9. The number of hydrazine groups is 1. The molecule has 6 N–H and O–H groups in total. The van der Waals surface area contributed by atoms with Crippen LogP contribution in [-0.2, 0) is 48.1 Å². The summed E-state index contributed by atoms with van der Waals surface area (Å²) < 4.78 is 10.9. The Morgan fingerprint density at radius 1 is 0.900 bits per heavy atom. The third-order valence-electron chi connectivity index (χ3n) is 10.8. The monoisotopic (exact) mass is 830 g/mol. The number of aliphatic hydroxyl groups is 1. The van der Waals surface area contributed by atoms with E-state index in [1.165, 1.54) is 6.33 Å². The number of benzene rings is 2. The Hall–Kier alpha value is -5.08. The van der Waals surface area contributed by atoms with Crippen LogP contribution in [0.1, 0.15) is 109 Å². The first-order valence-corrected chi connectivity index (χ1v) is 21.4. The van der Waals surface area contributed by atoms with Gasteiger partial charge in [-0.05, 0) is 63.0 Å². The number of nitrogens with one attached hydrogen (secondary N) is 3. The Kier molecular flexibility index (Phi) is 18.8. The maximum absolute atomic E-state index is 15.0. The average Bonchev–Trinajstić information content (AvgIpc) is 3.73. The van der Waals surface area contributed by atoms with E-state index >= 15 is 0 Å². The van der Waals surface area contributed by atoms with Crippen LogP contribution in [0.4, 0.5) is 4.79 Å². The van der Waals surface area contributed by atoms with Crippen LogP contribution in [0.3, 0.4) is 0 Å². The summed E-state index contributed by atoms with van der Waals surface area (Å²) in [5, 5.41) is 18.8. The van der Waals surface area contributed by atoms with Crippen LogP contribution in [0.5, 0.6) is 0 Å². The lowest BCUT2D eigenvalue weighted by Gasteiger charge is -2.33. The van der Waals surface area contributed by atoms with E-state index in [0.29, 0.717) is 18.5 Å². The largest absolute Gasteiger partial charge is 0.461 e. The number of Topliss-reactive ketones (excluding diaryl/α,β-unsaturated/α-hetero) is 1. The van der Waals surface area contributed by atoms with E-state index in [9.17, 15) is 29.1 Å². The van der Waals surface area contributed by atoms with Crippen LogP contribution in [0.15, 0.2) is 73.2 Å². The van der Waals surface area contributed by atoms with E-state index < -0.39 is 59.5 Å². The summed E-state index contributed by atoms with van der Waals surface area (Å²) in [6.07, 6.45) is 6.76. The number of nitrogens with zero attached hydrogens (tertiary/aromatic N) is 2. The first-order valence-electron chi connectivity index (χ1n) is 21.4. The van der Waals surface area contributed by atoms with Crippen molar-refractivity contribution in [3.8, 4) is 0 Å². The molecule has 0 unspecified atom stereocenters. The van der Waals surface area contributed by atoms with Gasteiger partial charge in [0, 0.05) is 37.4 Å². The van der Waals surface area contributed by atoms with Crippen molar-refractivity contribution in [3.05, 3.63) is 90.0 Å². The Labute approximate surface area is 354 Å². The van der Waals surface area contributed by atoms with Crippen molar-refractivity contribution in [3.63, 3.8) is 0 Å². The maximum Gasteiger partial charge on any atom is 0.408 e. The lowest BCUT2D eigenvalue weighted by molar-refractivity contribution is -0.147. The van der Waals surface area contributed by atoms with Crippen LogP contribution in [0.2, 0.25) is 0 Å². The van der Waals surface area contributed by atoms with E-state index in [1.807, 2.05) is 74.5 Å². The van der Waals surface area contributed by atoms with E-state index in [0.717, 1.165) is 48.2 Å². The van der Waals surface area contributed by atoms with Crippen LogP contribution < -0.4 is 16.5 Å². The Balaban J connectivity index is 1.56. The zero-order chi connectivity index (χ0) is 43.7. The van der Waals surface area contributed by atoms with Gasteiger partial charge in [0.2, 0.25) is 11.8 Å². The number of carbonyl (C=O) groups is 5. The third kappa shape index (κ3) is 16.5. The maximum atomic E-state index is 15.0. The molecule has 2 aromatic carbocycles. The van der Waals surface area contributed by atoms with Crippen molar-refractivity contribution in [2.24, 2.45) is 29.5 Å². The number of alkyl carbamates (subject to hydrolysis) is 1. The normalized spacial score (nSPS) is 15.9. The fourth-order valence-corrected chi connectivity index (χ4v) is 7.81. The Morgan fingerprint density at radius 2 is 1.55 bits per heavy atom. The van der Waals surface area contributed by atoms with Gasteiger partial charge in [-0.1, -0.05) is 107 Å². The number of ketones is 1. The van der Waals surface area contributed by atoms with Gasteiger partial charge < -0.3 is 30.2 Å². The molecule has 3 aromatic rings. The number of imidazole rings is 1. The molecular weight excluding hydrogens is 765 g/mol. The predicted molar refractivity (Wildman–Crippen MR) is 228 cm³/mol. The van der Waals surface area contributed by atoms with E-state index in [2.05, 4.69) is 20.6 Å². The second-order valence-corrected chi connectivity index (χ2v) is 17.5. The van der Waals surface area contributed by atoms with Crippen molar-refractivity contribution < 1.29 is 38.6 Å². The molecule has 0 spiro atoms. The summed E-state index contributed by atoms with van der Waals surface area (Å²) >= 11 is 0. The number of nitrogens with two attached hydrogens (primary N) is 1. The second kappa shape index (κ2) is 23.6. The van der Waals surface area contributed by atoms with Crippen molar-refractivity contribution in [2.45, 2.75) is 136 Å². The topological polar surface area (TPSA) is 206 Å². The summed E-state index contributed by atoms with van der Waals surface area (Å²) in [5.41, 5.74) is 1.33. The van der Waals surface area contributed by atoms with Gasteiger partial charge >= 0.3 is 12.1 Å². The molecule has 0 bridgehead atoms. The number of amides is 3. The van der Waals surface area contributed by atoms with Crippen LogP contribution in [0.25, 0.3) is 0 Å². The van der Waals surface area contributed by atoms with Crippen LogP contribution in [-0.4, -0.2) is 80.1 Å². The molecule has 14 nitrogen and oxygen atoms in total. The summed E-state index contributed by atoms with van der Waals surface area (Å²) in [6, 6.07) is 16.2. The van der Waals surface area contributed by atoms with Gasteiger partial charge in [0.15, 0.2) is 5.78 Å². The molecule has 1 fully saturated rings. The van der Waals surface area contributed by atoms with E-state index in [-0.39, 0.29) is 56.5 Å². The van der Waals surface area contributed by atoms with Gasteiger partial charge in [-0.25, -0.2) is 15.6 Å². The molecule has 1 saturated carbocycles. The molecule has 1 heterocycles. The molecule has 1 aliphatic rings. The van der Waals surface area contributed by atoms with Crippen molar-refractivity contribution >= 4 is 29.7 Å². The molecule has 1 aromatic heterocycles. The summed E-state index contributed by atoms with van der Waals surface area (Å²) in [5.74, 6) is 2.86. The standard InChI is InChI=1S/C46H66N6O8/c1-31(2)23-35(44(57)52(47)22-21-41(54)59-29-34-19-13-8-14-20-34)26-40(53)37(24-32-15-9-6-10-16-32)42(55)38(27-36-28-48-30-49-36)50-43(56)39(25-33-17-11-7-12-18-33)51-45(58)60-46(3,4)5/h7-8,11-14,17-20,28,30-32,35,37-40,53H,6,9-10,15-16,21-27,29,47H2,1-5H3,(H,48,49)(H,50,56)(H,51,58)/t35-,37+,38+,39+,40+/m1/s1. The molecule has 328 valence electrons. The van der Waals surface area contributed by atoms with Gasteiger partial charge in [0.25, 0.3) is 0 Å². The third-order valence-corrected chi connectivity index (χ3v) is 10.8. The van der Waals surface area contributed by atoms with Crippen molar-refractivity contribution in [2.75, 3.05) is 6.54 Å². The smallest absolute Gasteiger partial charge is 0.408 e. The number of hydrogen-bond donors (Lipinski definition) is 5. The lowest BCUT2D eigenvalue weighted by Crippen LogP contribution is -2.55. The quantitative estimate of drug-likeness (QED) is 0.0347. The Morgan fingerprint density at radius 3 is 2.15 bits per heavy atom. The average molecular weight is 831 g/mol. The zero-order valence-corrected chi connectivity index (χ0v) is 35.9. The molecule has 0 saturated heterocycles. The number of aromatic nitrogens is 2. The second-order valence-electron chi connectivity index (χ2n) is 17.5. The van der Waals surface area contributed by atoms with Gasteiger partial charge in [-0.2, -0.15) is 0 Å². The van der Waals surface area contributed by atoms with Crippen LogP contribution in [0, 0.1) is 23.7 Å². The van der Waals surface area contributed by atoms with E-state index in [1.54, 1.807) is 27.0 Å². The number of H-pyrrole nitrogens is 1. The predicted octanol–water partition coefficient (Wildman–Crippen LogP) is 5.98. The fourth-order valence-electron chi connectivity index (χ4n) is 7.81. The number of aliphatic hydroxyl groups excluding tert-OH is 1. The number of ether oxygens (including phenoxy) is 2. The van der Waals surface area contributed by atoms with Crippen LogP contribution >= 0.6 is 0 Å². The number of hydrogen-bond acceptors (Lipinski definition) is 10. The molecule has 60 heavy (non-hydrogen) atoms. The van der Waals surface area contributed by atoms with Crippen molar-refractivity contribution in [1.82, 2.24) is 25.6 Å². The zero-order valence-electron chi connectivity index (χ0n) is 35.9. The molecule has 0 radical (unpaired) electrons. The highest BCUT2D eigenvalue weighted by molar-refractivity contribution is 5.94. The lowest BCUT2D eigenvalue weighted by atomic mass is 9.75. The molecule has 1 aliphatic carbocycles. The van der Waals surface area contributed by atoms with Gasteiger partial charge in [0.1, 0.15) is 18.2 Å². The summed E-state index contributed by atoms with van der Waals surface area (Å²) in [6.45, 7) is 9.13. The molecule has 3 amide bonds. The first kappa shape index (κ1) is 47.6. The SMILES string of the molecule is CC(C)C[C@H](C[C@H](O)[C@H](CC1CCCCC1)C(=O)[C@H](Cc1c[nH]cn1)NC(=O)[C@H](Cc1ccccc1)NC(=O)OC(C)(C)C)C(=O)N(N)CCC(=O)OCc1ccccc1. The number of rotatable bonds is 22. The summed E-state index contributed by atoms with van der Waals surface area (Å²) in [7, 11) is 0. The van der Waals surface area contributed by atoms with Gasteiger partial charge in [-0.15, -0.1) is 0 Å². The van der Waals surface area contributed by atoms with Gasteiger partial charge in [-0.3, -0.25) is 24.2 Å². The molecule has 0 aliphatic heterocycles. The number of carbonyl (C=O) groups excluding carboxylic acids is 5. The van der Waals surface area contributed by atoms with E-state index in [4.69, 9.17) is 15.3 Å². The van der Waals surface area contributed by atoms with Gasteiger partial charge in [0.05, 0.1) is 30.6 Å².